The fraction of sp³-hybridized carbons (Fsp3) is 0.211. The van der Waals surface area contributed by atoms with Crippen molar-refractivity contribution in [3.63, 3.8) is 0 Å². The zero-order valence-electron chi connectivity index (χ0n) is 14.4. The zero-order valence-corrected chi connectivity index (χ0v) is 16.0. The van der Waals surface area contributed by atoms with Gasteiger partial charge < -0.3 is 14.6 Å². The minimum atomic E-state index is -3.88. The number of rotatable bonds is 4. The third kappa shape index (κ3) is 3.85. The van der Waals surface area contributed by atoms with E-state index in [-0.39, 0.29) is 35.0 Å². The lowest BCUT2D eigenvalue weighted by atomic mass is 9.87. The quantitative estimate of drug-likeness (QED) is 0.781. The Labute approximate surface area is 161 Å². The monoisotopic (exact) mass is 408 g/mol. The lowest BCUT2D eigenvalue weighted by Gasteiger charge is -2.33. The molecule has 6 nitrogen and oxygen atoms in total. The third-order valence-electron chi connectivity index (χ3n) is 4.05. The number of sulfone groups is 1. The predicted molar refractivity (Wildman–Crippen MR) is 98.9 cm³/mol. The fourth-order valence-corrected chi connectivity index (χ4v) is 4.04. The molecule has 0 bridgehead atoms. The average Bonchev–Trinajstić information content (AvgIpc) is 2.62. The van der Waals surface area contributed by atoms with Crippen LogP contribution in [0.25, 0.3) is 0 Å². The molecule has 1 N–H and O–H groups in total. The van der Waals surface area contributed by atoms with Crippen LogP contribution >= 0.6 is 11.6 Å². The molecule has 0 spiro atoms. The van der Waals surface area contributed by atoms with Crippen molar-refractivity contribution in [1.82, 2.24) is 0 Å². The Hall–Kier alpha value is -2.35. The summed E-state index contributed by atoms with van der Waals surface area (Å²) in [6.07, 6.45) is -0.365. The highest BCUT2D eigenvalue weighted by Crippen LogP contribution is 2.42. The van der Waals surface area contributed by atoms with Crippen LogP contribution in [-0.2, 0) is 25.0 Å². The Morgan fingerprint density at radius 3 is 2.59 bits per heavy atom. The molecule has 0 aromatic heterocycles. The molecule has 1 heterocycles. The van der Waals surface area contributed by atoms with Crippen LogP contribution in [0.1, 0.15) is 18.9 Å². The minimum absolute atomic E-state index is 0.0153. The number of benzene rings is 2. The molecule has 142 valence electrons. The molecule has 2 aromatic carbocycles. The summed E-state index contributed by atoms with van der Waals surface area (Å²) in [5, 5.41) is 12.3. The van der Waals surface area contributed by atoms with Crippen molar-refractivity contribution in [3.05, 3.63) is 70.3 Å². The highest BCUT2D eigenvalue weighted by atomic mass is 35.5. The van der Waals surface area contributed by atoms with Crippen molar-refractivity contribution in [2.24, 2.45) is 0 Å². The van der Waals surface area contributed by atoms with Crippen molar-refractivity contribution in [1.29, 1.82) is 0 Å². The Morgan fingerprint density at radius 1 is 1.26 bits per heavy atom. The number of hydrogen-bond acceptors (Lipinski definition) is 6. The highest BCUT2D eigenvalue weighted by molar-refractivity contribution is 7.94. The van der Waals surface area contributed by atoms with Gasteiger partial charge in [0.15, 0.2) is 5.60 Å². The van der Waals surface area contributed by atoms with Gasteiger partial charge in [-0.2, -0.15) is 0 Å². The van der Waals surface area contributed by atoms with Gasteiger partial charge in [-0.15, -0.1) is 0 Å². The molecule has 27 heavy (non-hydrogen) atoms. The normalized spacial score (nSPS) is 20.6. The second-order valence-corrected chi connectivity index (χ2v) is 8.17. The van der Waals surface area contributed by atoms with Crippen molar-refractivity contribution in [2.75, 3.05) is 6.61 Å². The lowest BCUT2D eigenvalue weighted by Crippen LogP contribution is -2.41. The first-order valence-corrected chi connectivity index (χ1v) is 10.1. The van der Waals surface area contributed by atoms with E-state index >= 15 is 0 Å². The molecular weight excluding hydrogens is 392 g/mol. The topological polar surface area (TPSA) is 89.9 Å². The van der Waals surface area contributed by atoms with Crippen molar-refractivity contribution in [2.45, 2.75) is 23.8 Å². The first-order chi connectivity index (χ1) is 12.8. The average molecular weight is 409 g/mol. The van der Waals surface area contributed by atoms with Crippen LogP contribution < -0.4 is 4.74 Å². The Morgan fingerprint density at radius 2 is 1.93 bits per heavy atom. The SMILES string of the molecule is CCOC(=O)C1(O)C/C(=C/S(=O)(=O)c2ccc(Cl)cc2)Oc2ccccc21. The van der Waals surface area contributed by atoms with E-state index in [0.717, 1.165) is 5.41 Å². The Balaban J connectivity index is 2.04. The maximum absolute atomic E-state index is 12.6. The van der Waals surface area contributed by atoms with E-state index in [0.29, 0.717) is 5.02 Å². The van der Waals surface area contributed by atoms with Crippen LogP contribution in [0.3, 0.4) is 0 Å². The van der Waals surface area contributed by atoms with E-state index in [9.17, 15) is 18.3 Å². The molecule has 1 unspecified atom stereocenters. The third-order valence-corrected chi connectivity index (χ3v) is 5.80. The number of aliphatic hydroxyl groups is 1. The Bertz CT molecular complexity index is 997. The standard InChI is InChI=1S/C19H17ClO6S/c1-2-25-18(21)19(22)11-14(26-17-6-4-3-5-16(17)19)12-27(23,24)15-9-7-13(20)8-10-15/h3-10,12,22H,2,11H2,1H3/b14-12-. The highest BCUT2D eigenvalue weighted by Gasteiger charge is 2.46. The summed E-state index contributed by atoms with van der Waals surface area (Å²) in [5.74, 6) is -0.744. The number of para-hydroxylation sites is 1. The minimum Gasteiger partial charge on any atom is -0.464 e. The molecule has 8 heteroatoms. The van der Waals surface area contributed by atoms with E-state index in [2.05, 4.69) is 0 Å². The largest absolute Gasteiger partial charge is 0.464 e. The van der Waals surface area contributed by atoms with Gasteiger partial charge in [-0.25, -0.2) is 13.2 Å². The summed E-state index contributed by atoms with van der Waals surface area (Å²) in [6, 6.07) is 12.0. The molecular formula is C19H17ClO6S. The van der Waals surface area contributed by atoms with Crippen LogP contribution in [0, 0.1) is 0 Å². The molecule has 3 rings (SSSR count). The van der Waals surface area contributed by atoms with Crippen molar-refractivity contribution >= 4 is 27.4 Å². The maximum Gasteiger partial charge on any atom is 0.343 e. The van der Waals surface area contributed by atoms with Crippen LogP contribution in [0.5, 0.6) is 5.75 Å². The number of carbonyl (C=O) groups excluding carboxylic acids is 1. The van der Waals surface area contributed by atoms with Crippen molar-refractivity contribution in [3.8, 4) is 5.75 Å². The van der Waals surface area contributed by atoms with Crippen molar-refractivity contribution < 1.29 is 27.8 Å². The molecule has 2 aromatic rings. The summed E-state index contributed by atoms with van der Waals surface area (Å²) in [4.78, 5) is 12.4. The molecule has 0 amide bonds. The molecule has 0 radical (unpaired) electrons. The Kier molecular flexibility index (Phi) is 5.28. The molecule has 0 saturated heterocycles. The van der Waals surface area contributed by atoms with Crippen LogP contribution in [0.15, 0.2) is 64.6 Å². The number of carbonyl (C=O) groups is 1. The van der Waals surface area contributed by atoms with E-state index in [1.54, 1.807) is 25.1 Å². The van der Waals surface area contributed by atoms with Gasteiger partial charge in [0.1, 0.15) is 11.5 Å². The first kappa shape index (κ1) is 19.4. The maximum atomic E-state index is 12.6. The number of halogens is 1. The van der Waals surface area contributed by atoms with Gasteiger partial charge in [0.05, 0.1) is 23.3 Å². The van der Waals surface area contributed by atoms with Crippen LogP contribution in [-0.4, -0.2) is 26.1 Å². The van der Waals surface area contributed by atoms with Gasteiger partial charge in [-0.05, 0) is 37.3 Å². The van der Waals surface area contributed by atoms with Crippen LogP contribution in [0.2, 0.25) is 5.02 Å². The summed E-state index contributed by atoms with van der Waals surface area (Å²) < 4.78 is 35.9. The van der Waals surface area contributed by atoms with E-state index in [1.807, 2.05) is 0 Å². The zero-order chi connectivity index (χ0) is 19.7. The summed E-state index contributed by atoms with van der Waals surface area (Å²) in [6.45, 7) is 1.69. The van der Waals surface area contributed by atoms with Gasteiger partial charge in [0.2, 0.25) is 9.84 Å². The molecule has 1 atom stereocenters. The lowest BCUT2D eigenvalue weighted by molar-refractivity contribution is -0.167. The van der Waals surface area contributed by atoms with Gasteiger partial charge in [-0.3, -0.25) is 0 Å². The molecule has 1 aliphatic rings. The number of esters is 1. The van der Waals surface area contributed by atoms with E-state index in [1.165, 1.54) is 30.3 Å². The summed E-state index contributed by atoms with van der Waals surface area (Å²) in [7, 11) is -3.88. The molecule has 0 fully saturated rings. The van der Waals surface area contributed by atoms with Gasteiger partial charge >= 0.3 is 5.97 Å². The van der Waals surface area contributed by atoms with Gasteiger partial charge in [0.25, 0.3) is 0 Å². The van der Waals surface area contributed by atoms with Gasteiger partial charge in [0, 0.05) is 10.6 Å². The summed E-state index contributed by atoms with van der Waals surface area (Å²) >= 11 is 5.79. The summed E-state index contributed by atoms with van der Waals surface area (Å²) in [5.41, 5.74) is -1.81. The number of fused-ring (bicyclic) bond motifs is 1. The molecule has 1 aliphatic heterocycles. The fourth-order valence-electron chi connectivity index (χ4n) is 2.79. The van der Waals surface area contributed by atoms with E-state index in [4.69, 9.17) is 21.1 Å². The van der Waals surface area contributed by atoms with Gasteiger partial charge in [-0.1, -0.05) is 29.8 Å². The van der Waals surface area contributed by atoms with Crippen LogP contribution in [0.4, 0.5) is 0 Å². The smallest absolute Gasteiger partial charge is 0.343 e. The second kappa shape index (κ2) is 7.34. The molecule has 0 aliphatic carbocycles. The number of hydrogen-bond donors (Lipinski definition) is 1. The first-order valence-electron chi connectivity index (χ1n) is 8.14. The predicted octanol–water partition coefficient (Wildman–Crippen LogP) is 3.19. The van der Waals surface area contributed by atoms with E-state index < -0.39 is 21.4 Å². The second-order valence-electron chi connectivity index (χ2n) is 5.94. The number of ether oxygens (including phenoxy) is 2. The molecule has 0 saturated carbocycles.